The van der Waals surface area contributed by atoms with Gasteiger partial charge in [-0.2, -0.15) is 0 Å². The third kappa shape index (κ3) is 3.32. The van der Waals surface area contributed by atoms with Crippen molar-refractivity contribution in [2.24, 2.45) is 5.92 Å². The molecule has 0 aromatic heterocycles. The van der Waals surface area contributed by atoms with Crippen molar-refractivity contribution < 1.29 is 14.5 Å². The zero-order valence-electron chi connectivity index (χ0n) is 13.7. The molecule has 0 saturated carbocycles. The third-order valence-electron chi connectivity index (χ3n) is 3.68. The monoisotopic (exact) mass is 326 g/mol. The van der Waals surface area contributed by atoms with Gasteiger partial charge in [0.15, 0.2) is 5.78 Å². The van der Waals surface area contributed by atoms with E-state index in [0.717, 1.165) is 0 Å². The smallest absolute Gasteiger partial charge is 0.279 e. The highest BCUT2D eigenvalue weighted by molar-refractivity contribution is 6.18. The van der Waals surface area contributed by atoms with Crippen LogP contribution in [0.15, 0.2) is 42.5 Å². The SMILES string of the molecule is COc1ccc(C(=O)c2cccc([N+](=O)[O-])c2C(=N)C(C)C)cc1. The van der Waals surface area contributed by atoms with Crippen molar-refractivity contribution in [3.63, 3.8) is 0 Å². The van der Waals surface area contributed by atoms with E-state index < -0.39 is 4.92 Å². The lowest BCUT2D eigenvalue weighted by Gasteiger charge is -2.13. The van der Waals surface area contributed by atoms with Crippen LogP contribution >= 0.6 is 0 Å². The second-order valence-electron chi connectivity index (χ2n) is 5.58. The van der Waals surface area contributed by atoms with Gasteiger partial charge in [-0.1, -0.05) is 19.9 Å². The van der Waals surface area contributed by atoms with E-state index in [4.69, 9.17) is 10.1 Å². The normalized spacial score (nSPS) is 10.5. The van der Waals surface area contributed by atoms with Gasteiger partial charge in [0.05, 0.1) is 17.6 Å². The van der Waals surface area contributed by atoms with Crippen molar-refractivity contribution in [3.05, 3.63) is 69.3 Å². The molecule has 0 saturated heterocycles. The first-order valence-corrected chi connectivity index (χ1v) is 7.41. The van der Waals surface area contributed by atoms with Crippen LogP contribution in [0.4, 0.5) is 5.69 Å². The average Bonchev–Trinajstić information content (AvgIpc) is 2.59. The van der Waals surface area contributed by atoms with Gasteiger partial charge in [-0.3, -0.25) is 14.9 Å². The molecular weight excluding hydrogens is 308 g/mol. The Morgan fingerprint density at radius 3 is 2.29 bits per heavy atom. The molecule has 0 aliphatic heterocycles. The van der Waals surface area contributed by atoms with E-state index >= 15 is 0 Å². The van der Waals surface area contributed by atoms with Crippen molar-refractivity contribution in [1.29, 1.82) is 5.41 Å². The molecule has 1 N–H and O–H groups in total. The molecule has 0 heterocycles. The van der Waals surface area contributed by atoms with Crippen LogP contribution < -0.4 is 4.74 Å². The maximum absolute atomic E-state index is 12.8. The van der Waals surface area contributed by atoms with E-state index in [1.54, 1.807) is 38.1 Å². The van der Waals surface area contributed by atoms with Gasteiger partial charge in [0.25, 0.3) is 5.69 Å². The standard InChI is InChI=1S/C18H18N2O4/c1-11(2)17(19)16-14(5-4-6-15(16)20(22)23)18(21)12-7-9-13(24-3)10-8-12/h4-11,19H,1-3H3. The van der Waals surface area contributed by atoms with Gasteiger partial charge in [-0.15, -0.1) is 0 Å². The zero-order chi connectivity index (χ0) is 17.9. The van der Waals surface area contributed by atoms with Gasteiger partial charge in [-0.25, -0.2) is 0 Å². The number of carbonyl (C=O) groups is 1. The highest BCUT2D eigenvalue weighted by atomic mass is 16.6. The molecule has 2 aromatic carbocycles. The summed E-state index contributed by atoms with van der Waals surface area (Å²) in [6.45, 7) is 3.53. The highest BCUT2D eigenvalue weighted by Crippen LogP contribution is 2.27. The molecule has 0 aliphatic rings. The van der Waals surface area contributed by atoms with E-state index in [9.17, 15) is 14.9 Å². The number of nitro groups is 1. The molecule has 124 valence electrons. The van der Waals surface area contributed by atoms with E-state index in [0.29, 0.717) is 11.3 Å². The van der Waals surface area contributed by atoms with Crippen LogP contribution in [-0.4, -0.2) is 23.5 Å². The number of benzene rings is 2. The van der Waals surface area contributed by atoms with E-state index in [2.05, 4.69) is 0 Å². The predicted octanol–water partition coefficient (Wildman–Crippen LogP) is 3.86. The summed E-state index contributed by atoms with van der Waals surface area (Å²) in [5, 5.41) is 19.5. The van der Waals surface area contributed by atoms with E-state index in [-0.39, 0.29) is 34.2 Å². The maximum atomic E-state index is 12.8. The van der Waals surface area contributed by atoms with E-state index in [1.807, 2.05) is 0 Å². The first-order valence-electron chi connectivity index (χ1n) is 7.41. The minimum Gasteiger partial charge on any atom is -0.497 e. The number of nitrogens with one attached hydrogen (secondary N) is 1. The summed E-state index contributed by atoms with van der Waals surface area (Å²) in [5.41, 5.74) is 0.465. The minimum absolute atomic E-state index is 0.0687. The van der Waals surface area contributed by atoms with Crippen molar-refractivity contribution in [1.82, 2.24) is 0 Å². The fourth-order valence-electron chi connectivity index (χ4n) is 2.35. The molecule has 0 fully saturated rings. The Morgan fingerprint density at radius 1 is 1.17 bits per heavy atom. The molecule has 0 radical (unpaired) electrons. The molecule has 0 atom stereocenters. The summed E-state index contributed by atoms with van der Waals surface area (Å²) in [6, 6.07) is 10.8. The van der Waals surface area contributed by atoms with Gasteiger partial charge >= 0.3 is 0 Å². The van der Waals surface area contributed by atoms with Crippen LogP contribution in [0.2, 0.25) is 0 Å². The highest BCUT2D eigenvalue weighted by Gasteiger charge is 2.26. The van der Waals surface area contributed by atoms with Gasteiger partial charge < -0.3 is 10.1 Å². The largest absolute Gasteiger partial charge is 0.497 e. The fraction of sp³-hybridized carbons (Fsp3) is 0.222. The predicted molar refractivity (Wildman–Crippen MR) is 91.2 cm³/mol. The zero-order valence-corrected chi connectivity index (χ0v) is 13.7. The Morgan fingerprint density at radius 2 is 1.79 bits per heavy atom. The number of ketones is 1. The maximum Gasteiger partial charge on any atom is 0.279 e. The van der Waals surface area contributed by atoms with Gasteiger partial charge in [-0.05, 0) is 36.2 Å². The van der Waals surface area contributed by atoms with Crippen molar-refractivity contribution in [2.75, 3.05) is 7.11 Å². The van der Waals surface area contributed by atoms with Crippen molar-refractivity contribution >= 4 is 17.2 Å². The molecule has 6 heteroatoms. The Bertz CT molecular complexity index is 795. The molecule has 2 rings (SSSR count). The summed E-state index contributed by atoms with van der Waals surface area (Å²) in [4.78, 5) is 23.6. The number of ether oxygens (including phenoxy) is 1. The Labute approximate surface area is 139 Å². The molecule has 2 aromatic rings. The van der Waals surface area contributed by atoms with Crippen molar-refractivity contribution in [3.8, 4) is 5.75 Å². The van der Waals surface area contributed by atoms with E-state index in [1.165, 1.54) is 25.3 Å². The van der Waals surface area contributed by atoms with Crippen molar-refractivity contribution in [2.45, 2.75) is 13.8 Å². The number of carbonyl (C=O) groups excluding carboxylic acids is 1. The fourth-order valence-corrected chi connectivity index (χ4v) is 2.35. The van der Waals surface area contributed by atoms with Gasteiger partial charge in [0, 0.05) is 22.9 Å². The number of nitrogens with zero attached hydrogens (tertiary/aromatic N) is 1. The van der Waals surface area contributed by atoms with Gasteiger partial charge in [0.2, 0.25) is 0 Å². The Hall–Kier alpha value is -3.02. The second kappa shape index (κ2) is 7.04. The molecule has 0 spiro atoms. The summed E-state index contributed by atoms with van der Waals surface area (Å²) < 4.78 is 5.06. The summed E-state index contributed by atoms with van der Waals surface area (Å²) in [5.74, 6) is 0.0102. The molecule has 6 nitrogen and oxygen atoms in total. The third-order valence-corrected chi connectivity index (χ3v) is 3.68. The van der Waals surface area contributed by atoms with Crippen LogP contribution in [0.5, 0.6) is 5.75 Å². The Kier molecular flexibility index (Phi) is 5.08. The number of methoxy groups -OCH3 is 1. The first-order chi connectivity index (χ1) is 11.4. The number of rotatable bonds is 6. The second-order valence-corrected chi connectivity index (χ2v) is 5.58. The number of hydrogen-bond acceptors (Lipinski definition) is 5. The molecule has 24 heavy (non-hydrogen) atoms. The van der Waals surface area contributed by atoms with Crippen LogP contribution in [-0.2, 0) is 0 Å². The molecule has 0 amide bonds. The quantitative estimate of drug-likeness (QED) is 0.377. The molecule has 0 bridgehead atoms. The lowest BCUT2D eigenvalue weighted by atomic mass is 9.90. The lowest BCUT2D eigenvalue weighted by Crippen LogP contribution is -2.16. The topological polar surface area (TPSA) is 93.3 Å². The molecule has 0 unspecified atom stereocenters. The summed E-state index contributed by atoms with van der Waals surface area (Å²) in [7, 11) is 1.53. The first kappa shape index (κ1) is 17.3. The summed E-state index contributed by atoms with van der Waals surface area (Å²) in [6.07, 6.45) is 0. The van der Waals surface area contributed by atoms with Crippen LogP contribution in [0, 0.1) is 21.4 Å². The number of hydrogen-bond donors (Lipinski definition) is 1. The number of nitro benzene ring substituents is 1. The molecular formula is C18H18N2O4. The van der Waals surface area contributed by atoms with Gasteiger partial charge in [0.1, 0.15) is 5.75 Å². The average molecular weight is 326 g/mol. The van der Waals surface area contributed by atoms with Crippen LogP contribution in [0.3, 0.4) is 0 Å². The summed E-state index contributed by atoms with van der Waals surface area (Å²) >= 11 is 0. The Balaban J connectivity index is 2.59. The minimum atomic E-state index is -0.558. The van der Waals surface area contributed by atoms with Crippen LogP contribution in [0.1, 0.15) is 35.3 Å². The lowest BCUT2D eigenvalue weighted by molar-refractivity contribution is -0.385. The molecule has 0 aliphatic carbocycles. The van der Waals surface area contributed by atoms with Crippen LogP contribution in [0.25, 0.3) is 0 Å².